The van der Waals surface area contributed by atoms with E-state index in [1.807, 2.05) is 0 Å². The molecule has 1 saturated heterocycles. The maximum absolute atomic E-state index is 13.3. The van der Waals surface area contributed by atoms with E-state index in [0.29, 0.717) is 12.1 Å². The van der Waals surface area contributed by atoms with Crippen LogP contribution in [0.3, 0.4) is 0 Å². The quantitative estimate of drug-likeness (QED) is 0.693. The molecule has 0 radical (unpaired) electrons. The van der Waals surface area contributed by atoms with Crippen molar-refractivity contribution in [2.75, 3.05) is 13.1 Å². The molecule has 15 heavy (non-hydrogen) atoms. The topological polar surface area (TPSA) is 52.5 Å². The molecular formula is C10H11ClFNO2. The number of hydrogen-bond donors (Lipinski definition) is 3. The third-order valence-corrected chi connectivity index (χ3v) is 2.99. The lowest BCUT2D eigenvalue weighted by atomic mass is 9.97. The largest absolute Gasteiger partial charge is 0.505 e. The van der Waals surface area contributed by atoms with E-state index in [9.17, 15) is 14.6 Å². The Hall–Kier alpha value is -1.00. The molecule has 1 heterocycles. The Morgan fingerprint density at radius 1 is 1.40 bits per heavy atom. The van der Waals surface area contributed by atoms with Crippen LogP contribution in [-0.4, -0.2) is 23.3 Å². The molecule has 0 aliphatic carbocycles. The zero-order valence-electron chi connectivity index (χ0n) is 7.93. The van der Waals surface area contributed by atoms with Gasteiger partial charge in [0.1, 0.15) is 0 Å². The van der Waals surface area contributed by atoms with Crippen molar-refractivity contribution in [3.8, 4) is 11.5 Å². The number of nitrogens with one attached hydrogen (secondary N) is 1. The number of phenolic OH excluding ortho intramolecular Hbond substituents is 2. The first-order valence-corrected chi connectivity index (χ1v) is 5.09. The smallest absolute Gasteiger partial charge is 0.208 e. The van der Waals surface area contributed by atoms with Crippen LogP contribution in [-0.2, 0) is 0 Å². The lowest BCUT2D eigenvalue weighted by molar-refractivity contribution is 0.383. The maximum Gasteiger partial charge on any atom is 0.208 e. The van der Waals surface area contributed by atoms with Gasteiger partial charge in [0.05, 0.1) is 5.02 Å². The minimum atomic E-state index is -1.04. The highest BCUT2D eigenvalue weighted by atomic mass is 35.5. The Morgan fingerprint density at radius 3 is 2.73 bits per heavy atom. The fourth-order valence-electron chi connectivity index (χ4n) is 1.85. The Labute approximate surface area is 91.5 Å². The molecule has 1 unspecified atom stereocenters. The number of halogens is 2. The minimum absolute atomic E-state index is 0.0533. The summed E-state index contributed by atoms with van der Waals surface area (Å²) in [7, 11) is 0. The first-order chi connectivity index (χ1) is 7.11. The van der Waals surface area contributed by atoms with E-state index in [1.165, 1.54) is 6.07 Å². The summed E-state index contributed by atoms with van der Waals surface area (Å²) < 4.78 is 13.3. The van der Waals surface area contributed by atoms with Gasteiger partial charge in [-0.15, -0.1) is 0 Å². The molecule has 1 aliphatic rings. The fraction of sp³-hybridized carbons (Fsp3) is 0.400. The molecule has 1 aromatic rings. The highest BCUT2D eigenvalue weighted by Gasteiger charge is 2.24. The van der Waals surface area contributed by atoms with E-state index in [1.54, 1.807) is 0 Å². The lowest BCUT2D eigenvalue weighted by Gasteiger charge is -2.13. The molecule has 1 aromatic carbocycles. The number of benzene rings is 1. The summed E-state index contributed by atoms with van der Waals surface area (Å²) in [5.74, 6) is -2.17. The first-order valence-electron chi connectivity index (χ1n) is 4.71. The summed E-state index contributed by atoms with van der Waals surface area (Å²) in [5, 5.41) is 21.8. The monoisotopic (exact) mass is 231 g/mol. The summed E-state index contributed by atoms with van der Waals surface area (Å²) in [6.45, 7) is 1.53. The third-order valence-electron chi connectivity index (χ3n) is 2.70. The molecule has 0 saturated carbocycles. The fourth-order valence-corrected chi connectivity index (χ4v) is 2.05. The van der Waals surface area contributed by atoms with Gasteiger partial charge in [0.25, 0.3) is 0 Å². The van der Waals surface area contributed by atoms with Crippen LogP contribution in [0.1, 0.15) is 17.9 Å². The minimum Gasteiger partial charge on any atom is -0.505 e. The van der Waals surface area contributed by atoms with Gasteiger partial charge in [0.15, 0.2) is 11.5 Å². The number of phenols is 2. The van der Waals surface area contributed by atoms with E-state index in [0.717, 1.165) is 13.0 Å². The number of aromatic hydroxyl groups is 2. The molecule has 0 bridgehead atoms. The van der Waals surface area contributed by atoms with E-state index in [2.05, 4.69) is 5.32 Å². The maximum atomic E-state index is 13.3. The van der Waals surface area contributed by atoms with E-state index < -0.39 is 17.3 Å². The van der Waals surface area contributed by atoms with Gasteiger partial charge in [-0.25, -0.2) is 0 Å². The average molecular weight is 232 g/mol. The van der Waals surface area contributed by atoms with Crippen molar-refractivity contribution < 1.29 is 14.6 Å². The third kappa shape index (κ3) is 1.75. The highest BCUT2D eigenvalue weighted by molar-refractivity contribution is 6.32. The standard InChI is InChI=1S/C10H11ClFNO2/c11-7-3-6(5-1-2-13-4-5)9(14)8(12)10(7)15/h3,5,13-15H,1-2,4H2. The van der Waals surface area contributed by atoms with Crippen LogP contribution in [0.25, 0.3) is 0 Å². The summed E-state index contributed by atoms with van der Waals surface area (Å²) in [5.41, 5.74) is 0.459. The van der Waals surface area contributed by atoms with Crippen molar-refractivity contribution in [3.63, 3.8) is 0 Å². The molecule has 0 spiro atoms. The number of rotatable bonds is 1. The van der Waals surface area contributed by atoms with Gasteiger partial charge in [-0.2, -0.15) is 4.39 Å². The zero-order valence-corrected chi connectivity index (χ0v) is 8.68. The molecule has 2 rings (SSSR count). The Balaban J connectivity index is 2.47. The van der Waals surface area contributed by atoms with Crippen LogP contribution in [0.15, 0.2) is 6.07 Å². The molecule has 1 fully saturated rings. The summed E-state index contributed by atoms with van der Waals surface area (Å²) in [6, 6.07) is 1.42. The van der Waals surface area contributed by atoms with Crippen LogP contribution < -0.4 is 5.32 Å². The second-order valence-corrected chi connectivity index (χ2v) is 4.06. The molecule has 82 valence electrons. The van der Waals surface area contributed by atoms with E-state index in [4.69, 9.17) is 11.6 Å². The normalized spacial score (nSPS) is 20.8. The molecular weight excluding hydrogens is 221 g/mol. The van der Waals surface area contributed by atoms with Crippen LogP contribution in [0.2, 0.25) is 5.02 Å². The Bertz CT molecular complexity index is 391. The van der Waals surface area contributed by atoms with Crippen LogP contribution in [0.4, 0.5) is 4.39 Å². The second-order valence-electron chi connectivity index (χ2n) is 3.65. The predicted molar refractivity (Wildman–Crippen MR) is 55.0 cm³/mol. The van der Waals surface area contributed by atoms with Gasteiger partial charge in [-0.3, -0.25) is 0 Å². The van der Waals surface area contributed by atoms with Crippen molar-refractivity contribution >= 4 is 11.6 Å². The molecule has 3 N–H and O–H groups in total. The molecule has 0 aromatic heterocycles. The van der Waals surface area contributed by atoms with E-state index in [-0.39, 0.29) is 10.9 Å². The SMILES string of the molecule is Oc1c(Cl)cc(C2CCNC2)c(O)c1F. The summed E-state index contributed by atoms with van der Waals surface area (Å²) in [4.78, 5) is 0. The summed E-state index contributed by atoms with van der Waals surface area (Å²) in [6.07, 6.45) is 0.827. The molecule has 1 atom stereocenters. The van der Waals surface area contributed by atoms with Crippen LogP contribution in [0, 0.1) is 5.82 Å². The van der Waals surface area contributed by atoms with Crippen LogP contribution >= 0.6 is 11.6 Å². The number of hydrogen-bond acceptors (Lipinski definition) is 3. The highest BCUT2D eigenvalue weighted by Crippen LogP contribution is 2.40. The summed E-state index contributed by atoms with van der Waals surface area (Å²) >= 11 is 5.65. The molecule has 0 amide bonds. The van der Waals surface area contributed by atoms with Gasteiger partial charge in [0.2, 0.25) is 5.82 Å². The predicted octanol–water partition coefficient (Wildman–Crippen LogP) is 1.97. The zero-order chi connectivity index (χ0) is 11.0. The average Bonchev–Trinajstić information content (AvgIpc) is 2.73. The molecule has 5 heteroatoms. The van der Waals surface area contributed by atoms with Crippen molar-refractivity contribution in [2.24, 2.45) is 0 Å². The van der Waals surface area contributed by atoms with Crippen molar-refractivity contribution in [1.29, 1.82) is 0 Å². The van der Waals surface area contributed by atoms with Crippen molar-refractivity contribution in [2.45, 2.75) is 12.3 Å². The molecule has 1 aliphatic heterocycles. The van der Waals surface area contributed by atoms with Crippen molar-refractivity contribution in [3.05, 3.63) is 22.5 Å². The van der Waals surface area contributed by atoms with Gasteiger partial charge in [0, 0.05) is 18.0 Å². The Morgan fingerprint density at radius 2 is 2.13 bits per heavy atom. The van der Waals surface area contributed by atoms with Gasteiger partial charge in [-0.05, 0) is 19.0 Å². The Kier molecular flexibility index (Phi) is 2.71. The van der Waals surface area contributed by atoms with Gasteiger partial charge < -0.3 is 15.5 Å². The second kappa shape index (κ2) is 3.87. The van der Waals surface area contributed by atoms with Gasteiger partial charge >= 0.3 is 0 Å². The van der Waals surface area contributed by atoms with Gasteiger partial charge in [-0.1, -0.05) is 11.6 Å². The van der Waals surface area contributed by atoms with E-state index >= 15 is 0 Å². The lowest BCUT2D eigenvalue weighted by Crippen LogP contribution is -2.08. The molecule has 3 nitrogen and oxygen atoms in total. The van der Waals surface area contributed by atoms with Crippen molar-refractivity contribution in [1.82, 2.24) is 5.32 Å². The van der Waals surface area contributed by atoms with Crippen LogP contribution in [0.5, 0.6) is 11.5 Å². The first kappa shape index (κ1) is 10.5.